The van der Waals surface area contributed by atoms with Gasteiger partial charge in [-0.05, 0) is 42.7 Å². The molecule has 0 bridgehead atoms. The molecule has 1 aromatic heterocycles. The third kappa shape index (κ3) is 6.04. The molecule has 0 saturated heterocycles. The zero-order valence-corrected chi connectivity index (χ0v) is 20.2. The molecule has 4 rings (SSSR count). The Morgan fingerprint density at radius 2 is 1.86 bits per heavy atom. The molecule has 3 aromatic rings. The fourth-order valence-corrected chi connectivity index (χ4v) is 4.63. The fraction of sp³-hybridized carbons (Fsp3) is 0.333. The summed E-state index contributed by atoms with van der Waals surface area (Å²) in [6.45, 7) is 0.199. The molecular weight excluding hydrogens is 495 g/mol. The van der Waals surface area contributed by atoms with Gasteiger partial charge in [0.25, 0.3) is 11.5 Å². The monoisotopic (exact) mass is 518 g/mol. The van der Waals surface area contributed by atoms with Crippen molar-refractivity contribution in [2.24, 2.45) is 0 Å². The minimum atomic E-state index is -0.728. The lowest BCUT2D eigenvalue weighted by Crippen LogP contribution is -2.36. The quantitative estimate of drug-likeness (QED) is 0.438. The Morgan fingerprint density at radius 3 is 2.54 bits per heavy atom. The molecule has 11 heteroatoms. The number of phenols is 1. The molecule has 0 aliphatic heterocycles. The van der Waals surface area contributed by atoms with E-state index in [2.05, 4.69) is 15.4 Å². The number of amides is 1. The first-order chi connectivity index (χ1) is 16.8. The lowest BCUT2D eigenvalue weighted by molar-refractivity contribution is 0.0925. The number of rotatable bonds is 7. The predicted octanol–water partition coefficient (Wildman–Crippen LogP) is 3.62. The fourth-order valence-electron chi connectivity index (χ4n) is 4.05. The van der Waals surface area contributed by atoms with Crippen molar-refractivity contribution in [3.63, 3.8) is 0 Å². The standard InChI is InChI=1S/C24H24Cl2N4O5/c25-18-11-16(30-24(34)29-21(32)13-27-30)12-19(26)22(18)35-9-8-14-6-7-20(31)17(10-14)23(33)28-15-4-2-1-3-5-15/h6-7,10-13,15,31H,1-5,8-9H2,(H,28,33)(H,29,32,34). The van der Waals surface area contributed by atoms with Crippen LogP contribution in [0.4, 0.5) is 0 Å². The summed E-state index contributed by atoms with van der Waals surface area (Å²) in [5, 5.41) is 17.3. The van der Waals surface area contributed by atoms with Crippen molar-refractivity contribution in [3.8, 4) is 17.2 Å². The van der Waals surface area contributed by atoms with Gasteiger partial charge in [-0.15, -0.1) is 0 Å². The molecule has 0 radical (unpaired) electrons. The topological polar surface area (TPSA) is 126 Å². The van der Waals surface area contributed by atoms with Crippen molar-refractivity contribution in [1.82, 2.24) is 20.1 Å². The van der Waals surface area contributed by atoms with E-state index in [1.54, 1.807) is 12.1 Å². The zero-order valence-electron chi connectivity index (χ0n) is 18.7. The molecular formula is C24H24Cl2N4O5. The maximum absolute atomic E-state index is 12.7. The van der Waals surface area contributed by atoms with Gasteiger partial charge in [0.2, 0.25) is 0 Å². The summed E-state index contributed by atoms with van der Waals surface area (Å²) in [4.78, 5) is 38.0. The van der Waals surface area contributed by atoms with Gasteiger partial charge < -0.3 is 15.2 Å². The first-order valence-corrected chi connectivity index (χ1v) is 12.0. The number of aromatic hydroxyl groups is 1. The Bertz CT molecular complexity index is 1330. The molecule has 1 heterocycles. The van der Waals surface area contributed by atoms with Crippen molar-refractivity contribution in [2.75, 3.05) is 6.61 Å². The van der Waals surface area contributed by atoms with Gasteiger partial charge in [-0.2, -0.15) is 9.78 Å². The number of ether oxygens (including phenoxy) is 1. The van der Waals surface area contributed by atoms with Crippen LogP contribution in [0.2, 0.25) is 10.0 Å². The highest BCUT2D eigenvalue weighted by molar-refractivity contribution is 6.37. The van der Waals surface area contributed by atoms with Crippen LogP contribution in [0.15, 0.2) is 46.1 Å². The Hall–Kier alpha value is -3.30. The van der Waals surface area contributed by atoms with Gasteiger partial charge in [-0.1, -0.05) is 48.5 Å². The summed E-state index contributed by atoms with van der Waals surface area (Å²) in [5.41, 5.74) is -0.0567. The summed E-state index contributed by atoms with van der Waals surface area (Å²) >= 11 is 12.6. The third-order valence-electron chi connectivity index (χ3n) is 5.82. The molecule has 0 spiro atoms. The largest absolute Gasteiger partial charge is 0.507 e. The number of hydrogen-bond acceptors (Lipinski definition) is 6. The van der Waals surface area contributed by atoms with Gasteiger partial charge in [0, 0.05) is 12.5 Å². The van der Waals surface area contributed by atoms with E-state index in [0.717, 1.165) is 42.1 Å². The number of nitrogens with zero attached hydrogens (tertiary/aromatic N) is 2. The molecule has 0 atom stereocenters. The van der Waals surface area contributed by atoms with Crippen LogP contribution < -0.4 is 21.3 Å². The van der Waals surface area contributed by atoms with E-state index in [1.807, 2.05) is 0 Å². The maximum Gasteiger partial charge on any atom is 0.349 e. The van der Waals surface area contributed by atoms with Crippen LogP contribution >= 0.6 is 23.2 Å². The molecule has 1 aliphatic rings. The van der Waals surface area contributed by atoms with Gasteiger partial charge in [0.05, 0.1) is 27.9 Å². The molecule has 3 N–H and O–H groups in total. The van der Waals surface area contributed by atoms with E-state index in [-0.39, 0.29) is 51.4 Å². The first kappa shape index (κ1) is 24.8. The smallest absolute Gasteiger partial charge is 0.349 e. The van der Waals surface area contributed by atoms with Crippen LogP contribution in [-0.2, 0) is 6.42 Å². The molecule has 184 valence electrons. The van der Waals surface area contributed by atoms with Gasteiger partial charge in [0.15, 0.2) is 5.75 Å². The Balaban J connectivity index is 1.42. The second-order valence-electron chi connectivity index (χ2n) is 8.35. The summed E-state index contributed by atoms with van der Waals surface area (Å²) in [6, 6.07) is 7.90. The van der Waals surface area contributed by atoms with Crippen molar-refractivity contribution in [1.29, 1.82) is 0 Å². The highest BCUT2D eigenvalue weighted by Gasteiger charge is 2.19. The number of phenolic OH excluding ortho intramolecular Hbond substituents is 1. The van der Waals surface area contributed by atoms with E-state index < -0.39 is 11.2 Å². The highest BCUT2D eigenvalue weighted by atomic mass is 35.5. The minimum Gasteiger partial charge on any atom is -0.507 e. The van der Waals surface area contributed by atoms with E-state index >= 15 is 0 Å². The van der Waals surface area contributed by atoms with Crippen LogP contribution in [0.25, 0.3) is 5.69 Å². The third-order valence-corrected chi connectivity index (χ3v) is 6.39. The molecule has 1 amide bonds. The number of hydrogen-bond donors (Lipinski definition) is 3. The molecule has 2 aromatic carbocycles. The molecule has 1 fully saturated rings. The number of carbonyl (C=O) groups excluding carboxylic acids is 1. The Morgan fingerprint density at radius 1 is 1.14 bits per heavy atom. The van der Waals surface area contributed by atoms with Gasteiger partial charge in [-0.25, -0.2) is 4.79 Å². The number of aromatic amines is 1. The average molecular weight is 519 g/mol. The first-order valence-electron chi connectivity index (χ1n) is 11.3. The van der Waals surface area contributed by atoms with E-state index in [0.29, 0.717) is 6.42 Å². The number of halogens is 2. The van der Waals surface area contributed by atoms with Crippen molar-refractivity contribution in [2.45, 2.75) is 44.6 Å². The second kappa shape index (κ2) is 11.0. The van der Waals surface area contributed by atoms with Crippen LogP contribution in [-0.4, -0.2) is 38.4 Å². The van der Waals surface area contributed by atoms with Gasteiger partial charge in [-0.3, -0.25) is 14.6 Å². The predicted molar refractivity (Wildman–Crippen MR) is 132 cm³/mol. The lowest BCUT2D eigenvalue weighted by atomic mass is 9.95. The van der Waals surface area contributed by atoms with Crippen LogP contribution in [0.5, 0.6) is 11.5 Å². The average Bonchev–Trinajstić information content (AvgIpc) is 2.82. The lowest BCUT2D eigenvalue weighted by Gasteiger charge is -2.23. The Kier molecular flexibility index (Phi) is 7.77. The molecule has 0 unspecified atom stereocenters. The SMILES string of the molecule is O=C(NC1CCCCC1)c1cc(CCOc2c(Cl)cc(-n3ncc(=O)[nH]c3=O)cc2Cl)ccc1O. The second-order valence-corrected chi connectivity index (χ2v) is 9.16. The zero-order chi connectivity index (χ0) is 24.9. The number of nitrogens with one attached hydrogen (secondary N) is 2. The normalized spacial score (nSPS) is 14.0. The highest BCUT2D eigenvalue weighted by Crippen LogP contribution is 2.35. The number of benzene rings is 2. The van der Waals surface area contributed by atoms with Crippen molar-refractivity contribution < 1.29 is 14.6 Å². The maximum atomic E-state index is 12.7. The summed E-state index contributed by atoms with van der Waals surface area (Å²) in [6.07, 6.45) is 6.68. The van der Waals surface area contributed by atoms with Gasteiger partial charge in [0.1, 0.15) is 11.9 Å². The molecule has 9 nitrogen and oxygen atoms in total. The van der Waals surface area contributed by atoms with Gasteiger partial charge >= 0.3 is 5.69 Å². The minimum absolute atomic E-state index is 0.0734. The van der Waals surface area contributed by atoms with Crippen LogP contribution in [0.3, 0.4) is 0 Å². The summed E-state index contributed by atoms with van der Waals surface area (Å²) in [5.74, 6) is -0.135. The molecule has 1 aliphatic carbocycles. The number of carbonyl (C=O) groups is 1. The van der Waals surface area contributed by atoms with Crippen molar-refractivity contribution >= 4 is 29.1 Å². The van der Waals surface area contributed by atoms with Crippen LogP contribution in [0, 0.1) is 0 Å². The Labute approximate surface area is 210 Å². The van der Waals surface area contributed by atoms with E-state index in [1.165, 1.54) is 24.6 Å². The summed E-state index contributed by atoms with van der Waals surface area (Å²) in [7, 11) is 0. The van der Waals surface area contributed by atoms with E-state index in [9.17, 15) is 19.5 Å². The van der Waals surface area contributed by atoms with Crippen LogP contribution in [0.1, 0.15) is 48.0 Å². The number of H-pyrrole nitrogens is 1. The van der Waals surface area contributed by atoms with E-state index in [4.69, 9.17) is 27.9 Å². The molecule has 35 heavy (non-hydrogen) atoms. The number of aromatic nitrogens is 3. The van der Waals surface area contributed by atoms with Crippen molar-refractivity contribution in [3.05, 3.63) is 78.5 Å². The molecule has 1 saturated carbocycles. The summed E-state index contributed by atoms with van der Waals surface area (Å²) < 4.78 is 6.73.